The van der Waals surface area contributed by atoms with Crippen LogP contribution in [0.4, 0.5) is 0 Å². The van der Waals surface area contributed by atoms with Crippen molar-refractivity contribution in [2.45, 2.75) is 39.3 Å². The van der Waals surface area contributed by atoms with Crippen LogP contribution in [0.5, 0.6) is 0 Å². The third-order valence-corrected chi connectivity index (χ3v) is 2.36. The molecule has 3 nitrogen and oxygen atoms in total. The molecule has 4 heteroatoms. The number of hydrogen-bond donors (Lipinski definition) is 1. The van der Waals surface area contributed by atoms with Crippen LogP contribution in [0.3, 0.4) is 0 Å². The van der Waals surface area contributed by atoms with Crippen LogP contribution in [0.15, 0.2) is 0 Å². The molecule has 0 aromatic rings. The fourth-order valence-electron chi connectivity index (χ4n) is 0.959. The molecular weight excluding hydrogens is 198 g/mol. The zero-order valence-corrected chi connectivity index (χ0v) is 10.3. The van der Waals surface area contributed by atoms with Gasteiger partial charge in [-0.3, -0.25) is 4.79 Å². The van der Waals surface area contributed by atoms with E-state index < -0.39 is 0 Å². The molecule has 0 rings (SSSR count). The van der Waals surface area contributed by atoms with E-state index in [1.807, 2.05) is 25.6 Å². The van der Waals surface area contributed by atoms with Gasteiger partial charge in [0, 0.05) is 6.04 Å². The summed E-state index contributed by atoms with van der Waals surface area (Å²) >= 11 is 1.82. The molecule has 0 radical (unpaired) electrons. The monoisotopic (exact) mass is 219 g/mol. The first-order chi connectivity index (χ1) is 6.56. The maximum Gasteiger partial charge on any atom is 0.320 e. The van der Waals surface area contributed by atoms with E-state index in [0.717, 1.165) is 12.2 Å². The molecule has 14 heavy (non-hydrogen) atoms. The first-order valence-electron chi connectivity index (χ1n) is 4.98. The Labute approximate surface area is 91.0 Å². The molecule has 0 amide bonds. The van der Waals surface area contributed by atoms with Crippen molar-refractivity contribution in [3.8, 4) is 0 Å². The van der Waals surface area contributed by atoms with E-state index in [1.54, 1.807) is 0 Å². The zero-order chi connectivity index (χ0) is 11.0. The fourth-order valence-corrected chi connectivity index (χ4v) is 1.55. The Morgan fingerprint density at radius 3 is 2.57 bits per heavy atom. The molecule has 0 aliphatic carbocycles. The number of esters is 1. The highest BCUT2D eigenvalue weighted by Gasteiger charge is 2.07. The SMILES string of the molecule is CSCCC(C)NCC(=O)OC(C)C. The van der Waals surface area contributed by atoms with Gasteiger partial charge >= 0.3 is 5.97 Å². The lowest BCUT2D eigenvalue weighted by Gasteiger charge is -2.13. The van der Waals surface area contributed by atoms with E-state index in [1.165, 1.54) is 0 Å². The van der Waals surface area contributed by atoms with Gasteiger partial charge in [0.2, 0.25) is 0 Å². The van der Waals surface area contributed by atoms with E-state index in [0.29, 0.717) is 12.6 Å². The number of hydrogen-bond acceptors (Lipinski definition) is 4. The first kappa shape index (κ1) is 13.8. The highest BCUT2D eigenvalue weighted by atomic mass is 32.2. The van der Waals surface area contributed by atoms with Crippen molar-refractivity contribution in [2.24, 2.45) is 0 Å². The number of rotatable bonds is 7. The predicted octanol–water partition coefficient (Wildman–Crippen LogP) is 1.67. The van der Waals surface area contributed by atoms with Gasteiger partial charge in [-0.2, -0.15) is 11.8 Å². The zero-order valence-electron chi connectivity index (χ0n) is 9.50. The lowest BCUT2D eigenvalue weighted by atomic mass is 10.2. The summed E-state index contributed by atoms with van der Waals surface area (Å²) in [6, 6.07) is 0.377. The third kappa shape index (κ3) is 8.38. The van der Waals surface area contributed by atoms with Crippen molar-refractivity contribution in [1.29, 1.82) is 0 Å². The van der Waals surface area contributed by atoms with E-state index >= 15 is 0 Å². The Morgan fingerprint density at radius 1 is 1.43 bits per heavy atom. The van der Waals surface area contributed by atoms with Crippen LogP contribution in [0.25, 0.3) is 0 Å². The highest BCUT2D eigenvalue weighted by Crippen LogP contribution is 1.99. The molecule has 0 fully saturated rings. The lowest BCUT2D eigenvalue weighted by Crippen LogP contribution is -2.33. The van der Waals surface area contributed by atoms with Crippen molar-refractivity contribution in [3.63, 3.8) is 0 Å². The van der Waals surface area contributed by atoms with Gasteiger partial charge in [-0.05, 0) is 39.2 Å². The number of carbonyl (C=O) groups excluding carboxylic acids is 1. The fraction of sp³-hybridized carbons (Fsp3) is 0.900. The number of ether oxygens (including phenoxy) is 1. The van der Waals surface area contributed by atoms with Crippen molar-refractivity contribution in [3.05, 3.63) is 0 Å². The largest absolute Gasteiger partial charge is 0.462 e. The Hall–Kier alpha value is -0.220. The maximum absolute atomic E-state index is 11.1. The summed E-state index contributed by atoms with van der Waals surface area (Å²) in [4.78, 5) is 11.1. The molecular formula is C10H21NO2S. The van der Waals surface area contributed by atoms with Crippen LogP contribution in [-0.2, 0) is 9.53 Å². The first-order valence-corrected chi connectivity index (χ1v) is 6.37. The molecule has 0 aromatic heterocycles. The summed E-state index contributed by atoms with van der Waals surface area (Å²) in [5, 5.41) is 3.13. The molecule has 0 saturated carbocycles. The van der Waals surface area contributed by atoms with Gasteiger partial charge < -0.3 is 10.1 Å². The summed E-state index contributed by atoms with van der Waals surface area (Å²) in [7, 11) is 0. The Kier molecular flexibility index (Phi) is 7.99. The minimum absolute atomic E-state index is 0.0224. The number of thioether (sulfide) groups is 1. The minimum atomic E-state index is -0.170. The maximum atomic E-state index is 11.1. The van der Waals surface area contributed by atoms with Crippen LogP contribution in [0.1, 0.15) is 27.2 Å². The summed E-state index contributed by atoms with van der Waals surface area (Å²) in [6.45, 7) is 6.11. The lowest BCUT2D eigenvalue weighted by molar-refractivity contribution is -0.146. The second-order valence-electron chi connectivity index (χ2n) is 3.60. The van der Waals surface area contributed by atoms with Crippen molar-refractivity contribution in [1.82, 2.24) is 5.32 Å². The van der Waals surface area contributed by atoms with E-state index in [4.69, 9.17) is 4.74 Å². The third-order valence-electron chi connectivity index (χ3n) is 1.72. The smallest absolute Gasteiger partial charge is 0.320 e. The molecule has 0 aliphatic rings. The molecule has 0 spiro atoms. The molecule has 0 aliphatic heterocycles. The van der Waals surface area contributed by atoms with Crippen LogP contribution in [-0.4, -0.2) is 36.7 Å². The Balaban J connectivity index is 3.45. The summed E-state index contributed by atoms with van der Waals surface area (Å²) in [5.74, 6) is 0.948. The van der Waals surface area contributed by atoms with Crippen LogP contribution < -0.4 is 5.32 Å². The second-order valence-corrected chi connectivity index (χ2v) is 4.59. The number of nitrogens with one attached hydrogen (secondary N) is 1. The van der Waals surface area contributed by atoms with Crippen LogP contribution in [0, 0.1) is 0 Å². The van der Waals surface area contributed by atoms with Gasteiger partial charge in [0.25, 0.3) is 0 Å². The summed E-state index contributed by atoms with van der Waals surface area (Å²) < 4.78 is 5.00. The minimum Gasteiger partial charge on any atom is -0.462 e. The number of carbonyl (C=O) groups is 1. The topological polar surface area (TPSA) is 38.3 Å². The molecule has 1 N–H and O–H groups in total. The summed E-state index contributed by atoms with van der Waals surface area (Å²) in [6.07, 6.45) is 3.14. The van der Waals surface area contributed by atoms with Gasteiger partial charge in [-0.1, -0.05) is 0 Å². The van der Waals surface area contributed by atoms with Crippen molar-refractivity contribution < 1.29 is 9.53 Å². The average Bonchev–Trinajstić information content (AvgIpc) is 2.10. The van der Waals surface area contributed by atoms with Crippen LogP contribution >= 0.6 is 11.8 Å². The van der Waals surface area contributed by atoms with Crippen LogP contribution in [0.2, 0.25) is 0 Å². The van der Waals surface area contributed by atoms with Gasteiger partial charge in [0.05, 0.1) is 12.6 Å². The molecule has 1 atom stereocenters. The molecule has 84 valence electrons. The Bertz CT molecular complexity index is 162. The van der Waals surface area contributed by atoms with E-state index in [9.17, 15) is 4.79 Å². The van der Waals surface area contributed by atoms with E-state index in [2.05, 4.69) is 18.5 Å². The average molecular weight is 219 g/mol. The second kappa shape index (κ2) is 8.12. The van der Waals surface area contributed by atoms with Gasteiger partial charge in [-0.25, -0.2) is 0 Å². The quantitative estimate of drug-likeness (QED) is 0.661. The highest BCUT2D eigenvalue weighted by molar-refractivity contribution is 7.98. The van der Waals surface area contributed by atoms with Gasteiger partial charge in [-0.15, -0.1) is 0 Å². The van der Waals surface area contributed by atoms with E-state index in [-0.39, 0.29) is 12.1 Å². The molecule has 0 heterocycles. The molecule has 0 saturated heterocycles. The molecule has 0 bridgehead atoms. The Morgan fingerprint density at radius 2 is 2.07 bits per heavy atom. The molecule has 1 unspecified atom stereocenters. The standard InChI is InChI=1S/C10H21NO2S/c1-8(2)13-10(12)7-11-9(3)5-6-14-4/h8-9,11H,5-7H2,1-4H3. The normalized spacial score (nSPS) is 12.9. The van der Waals surface area contributed by atoms with Gasteiger partial charge in [0.15, 0.2) is 0 Å². The van der Waals surface area contributed by atoms with Gasteiger partial charge in [0.1, 0.15) is 0 Å². The molecule has 0 aromatic carbocycles. The van der Waals surface area contributed by atoms with Crippen molar-refractivity contribution in [2.75, 3.05) is 18.6 Å². The summed E-state index contributed by atoms with van der Waals surface area (Å²) in [5.41, 5.74) is 0. The predicted molar refractivity (Wildman–Crippen MR) is 61.7 cm³/mol. The van der Waals surface area contributed by atoms with Crippen molar-refractivity contribution >= 4 is 17.7 Å².